The van der Waals surface area contributed by atoms with E-state index in [-0.39, 0.29) is 24.7 Å². The number of hydrogen-bond donors (Lipinski definition) is 1. The van der Waals surface area contributed by atoms with Crippen LogP contribution >= 0.6 is 0 Å². The van der Waals surface area contributed by atoms with E-state index in [2.05, 4.69) is 5.32 Å². The highest BCUT2D eigenvalue weighted by molar-refractivity contribution is 7.89. The molecule has 0 unspecified atom stereocenters. The molecule has 0 spiro atoms. The highest BCUT2D eigenvalue weighted by atomic mass is 32.2. The number of nitrogens with zero attached hydrogens (tertiary/aromatic N) is 1. The van der Waals surface area contributed by atoms with Crippen molar-refractivity contribution in [2.45, 2.75) is 12.8 Å². The van der Waals surface area contributed by atoms with Crippen LogP contribution < -0.4 is 5.32 Å². The zero-order chi connectivity index (χ0) is 14.6. The van der Waals surface area contributed by atoms with Gasteiger partial charge in [0.1, 0.15) is 5.82 Å². The van der Waals surface area contributed by atoms with Gasteiger partial charge in [0, 0.05) is 25.2 Å². The number of rotatable bonds is 4. The van der Waals surface area contributed by atoms with E-state index in [0.717, 1.165) is 6.42 Å². The number of halogens is 1. The Morgan fingerprint density at radius 1 is 1.25 bits per heavy atom. The first-order valence-corrected chi connectivity index (χ1v) is 8.11. The normalized spacial score (nSPS) is 18.6. The maximum absolute atomic E-state index is 12.7. The summed E-state index contributed by atoms with van der Waals surface area (Å²) in [5.74, 6) is -0.556. The van der Waals surface area contributed by atoms with Gasteiger partial charge in [-0.3, -0.25) is 4.79 Å². The topological polar surface area (TPSA) is 66.5 Å². The molecule has 1 N–H and O–H groups in total. The van der Waals surface area contributed by atoms with Gasteiger partial charge in [0.05, 0.1) is 5.75 Å². The van der Waals surface area contributed by atoms with Gasteiger partial charge < -0.3 is 5.32 Å². The third kappa shape index (κ3) is 3.77. The second kappa shape index (κ2) is 6.32. The zero-order valence-corrected chi connectivity index (χ0v) is 11.8. The molecule has 1 saturated heterocycles. The van der Waals surface area contributed by atoms with Crippen LogP contribution in [-0.2, 0) is 10.0 Å². The Morgan fingerprint density at radius 2 is 1.95 bits per heavy atom. The van der Waals surface area contributed by atoms with Crippen LogP contribution in [0.15, 0.2) is 24.3 Å². The van der Waals surface area contributed by atoms with Crippen molar-refractivity contribution in [3.63, 3.8) is 0 Å². The molecule has 1 amide bonds. The second-order valence-electron chi connectivity index (χ2n) is 4.68. The Morgan fingerprint density at radius 3 is 2.60 bits per heavy atom. The number of carbonyl (C=O) groups is 1. The highest BCUT2D eigenvalue weighted by Crippen LogP contribution is 2.12. The first kappa shape index (κ1) is 14.9. The van der Waals surface area contributed by atoms with Crippen molar-refractivity contribution in [1.82, 2.24) is 9.62 Å². The zero-order valence-electron chi connectivity index (χ0n) is 11.0. The maximum Gasteiger partial charge on any atom is 0.251 e. The molecule has 1 aromatic rings. The van der Waals surface area contributed by atoms with Gasteiger partial charge >= 0.3 is 0 Å². The Kier molecular flexibility index (Phi) is 4.72. The molecule has 0 radical (unpaired) electrons. The van der Waals surface area contributed by atoms with Gasteiger partial charge in [-0.1, -0.05) is 0 Å². The van der Waals surface area contributed by atoms with Gasteiger partial charge in [-0.25, -0.2) is 17.1 Å². The molecule has 5 nitrogen and oxygen atoms in total. The molecule has 1 aliphatic rings. The minimum absolute atomic E-state index is 0.179. The summed E-state index contributed by atoms with van der Waals surface area (Å²) in [6, 6.07) is 5.21. The third-order valence-electron chi connectivity index (χ3n) is 3.21. The van der Waals surface area contributed by atoms with Crippen LogP contribution in [-0.4, -0.2) is 44.0 Å². The van der Waals surface area contributed by atoms with Crippen LogP contribution in [0.3, 0.4) is 0 Å². The molecule has 1 aliphatic heterocycles. The molecule has 1 aromatic carbocycles. The van der Waals surface area contributed by atoms with Crippen LogP contribution in [0, 0.1) is 5.82 Å². The highest BCUT2D eigenvalue weighted by Gasteiger charge is 2.25. The van der Waals surface area contributed by atoms with Crippen molar-refractivity contribution in [3.05, 3.63) is 35.6 Å². The molecular formula is C13H17FN2O3S. The van der Waals surface area contributed by atoms with Crippen molar-refractivity contribution < 1.29 is 17.6 Å². The molecule has 0 aromatic heterocycles. The fraction of sp³-hybridized carbons (Fsp3) is 0.462. The van der Waals surface area contributed by atoms with E-state index in [1.165, 1.54) is 28.6 Å². The van der Waals surface area contributed by atoms with Crippen molar-refractivity contribution in [1.29, 1.82) is 0 Å². The summed E-state index contributed by atoms with van der Waals surface area (Å²) >= 11 is 0. The average Bonchev–Trinajstić information content (AvgIpc) is 2.41. The number of amides is 1. The lowest BCUT2D eigenvalue weighted by atomic mass is 10.2. The molecule has 110 valence electrons. The Hall–Kier alpha value is -1.47. The predicted octanol–water partition coefficient (Wildman–Crippen LogP) is 0.981. The van der Waals surface area contributed by atoms with Gasteiger partial charge in [0.25, 0.3) is 5.91 Å². The third-order valence-corrected chi connectivity index (χ3v) is 5.16. The number of nitrogens with one attached hydrogen (secondary N) is 1. The summed E-state index contributed by atoms with van der Waals surface area (Å²) in [7, 11) is -3.16. The molecule has 1 fully saturated rings. The number of benzene rings is 1. The van der Waals surface area contributed by atoms with Crippen LogP contribution in [0.5, 0.6) is 0 Å². The molecule has 0 saturated carbocycles. The largest absolute Gasteiger partial charge is 0.351 e. The smallest absolute Gasteiger partial charge is 0.251 e. The SMILES string of the molecule is O=C(NCCN1CCCCS1(=O)=O)c1ccc(F)cc1. The molecular weight excluding hydrogens is 283 g/mol. The summed E-state index contributed by atoms with van der Waals surface area (Å²) in [4.78, 5) is 11.8. The van der Waals surface area contributed by atoms with Crippen LogP contribution in [0.2, 0.25) is 0 Å². The van der Waals surface area contributed by atoms with E-state index in [0.29, 0.717) is 18.5 Å². The molecule has 0 bridgehead atoms. The summed E-state index contributed by atoms with van der Waals surface area (Å²) in [5.41, 5.74) is 0.355. The lowest BCUT2D eigenvalue weighted by Gasteiger charge is -2.26. The van der Waals surface area contributed by atoms with Gasteiger partial charge in [-0.2, -0.15) is 0 Å². The Balaban J connectivity index is 1.83. The maximum atomic E-state index is 12.7. The molecule has 20 heavy (non-hydrogen) atoms. The monoisotopic (exact) mass is 300 g/mol. The van der Waals surface area contributed by atoms with Gasteiger partial charge in [0.2, 0.25) is 10.0 Å². The second-order valence-corrected chi connectivity index (χ2v) is 6.77. The first-order valence-electron chi connectivity index (χ1n) is 6.51. The lowest BCUT2D eigenvalue weighted by Crippen LogP contribution is -2.42. The average molecular weight is 300 g/mol. The van der Waals surface area contributed by atoms with Crippen molar-refractivity contribution in [3.8, 4) is 0 Å². The van der Waals surface area contributed by atoms with Crippen LogP contribution in [0.4, 0.5) is 4.39 Å². The predicted molar refractivity (Wildman–Crippen MR) is 73.3 cm³/mol. The fourth-order valence-electron chi connectivity index (χ4n) is 2.09. The minimum atomic E-state index is -3.16. The van der Waals surface area contributed by atoms with Crippen molar-refractivity contribution in [2.75, 3.05) is 25.4 Å². The standard InChI is InChI=1S/C13H17FN2O3S/c14-12-5-3-11(4-6-12)13(17)15-7-9-16-8-1-2-10-20(16,18)19/h3-6H,1-2,7-10H2,(H,15,17). The number of carbonyl (C=O) groups excluding carboxylic acids is 1. The molecule has 1 heterocycles. The van der Waals surface area contributed by atoms with E-state index in [9.17, 15) is 17.6 Å². The van der Waals surface area contributed by atoms with Crippen LogP contribution in [0.25, 0.3) is 0 Å². The number of hydrogen-bond acceptors (Lipinski definition) is 3. The first-order chi connectivity index (χ1) is 9.49. The molecule has 0 atom stereocenters. The summed E-state index contributed by atoms with van der Waals surface area (Å²) < 4.78 is 37.6. The van der Waals surface area contributed by atoms with E-state index in [1.54, 1.807) is 0 Å². The van der Waals surface area contributed by atoms with E-state index in [4.69, 9.17) is 0 Å². The van der Waals surface area contributed by atoms with E-state index in [1.807, 2.05) is 0 Å². The van der Waals surface area contributed by atoms with Gasteiger partial charge in [-0.05, 0) is 37.1 Å². The molecule has 7 heteroatoms. The van der Waals surface area contributed by atoms with Gasteiger partial charge in [-0.15, -0.1) is 0 Å². The van der Waals surface area contributed by atoms with Crippen molar-refractivity contribution in [2.24, 2.45) is 0 Å². The summed E-state index contributed by atoms with van der Waals surface area (Å²) in [5, 5.41) is 2.64. The van der Waals surface area contributed by atoms with E-state index < -0.39 is 15.8 Å². The lowest BCUT2D eigenvalue weighted by molar-refractivity contribution is 0.0951. The Bertz CT molecular complexity index is 572. The summed E-state index contributed by atoms with van der Waals surface area (Å²) in [6.07, 6.45) is 1.55. The fourth-order valence-corrected chi connectivity index (χ4v) is 3.69. The van der Waals surface area contributed by atoms with Crippen LogP contribution in [0.1, 0.15) is 23.2 Å². The Labute approximate surface area is 117 Å². The summed E-state index contributed by atoms with van der Waals surface area (Å²) in [6.45, 7) is 1.03. The minimum Gasteiger partial charge on any atom is -0.351 e. The molecule has 2 rings (SSSR count). The van der Waals surface area contributed by atoms with Gasteiger partial charge in [0.15, 0.2) is 0 Å². The van der Waals surface area contributed by atoms with E-state index >= 15 is 0 Å². The quantitative estimate of drug-likeness (QED) is 0.901. The number of sulfonamides is 1. The molecule has 0 aliphatic carbocycles. The van der Waals surface area contributed by atoms with Crippen molar-refractivity contribution >= 4 is 15.9 Å².